The zero-order chi connectivity index (χ0) is 25.7. The highest BCUT2D eigenvalue weighted by Crippen LogP contribution is 2.37. The van der Waals surface area contributed by atoms with Crippen LogP contribution >= 0.6 is 11.3 Å². The molecule has 2 rings (SSSR count). The summed E-state index contributed by atoms with van der Waals surface area (Å²) in [6, 6.07) is 0. The van der Waals surface area contributed by atoms with E-state index in [-0.39, 0.29) is 12.2 Å². The maximum absolute atomic E-state index is 13.3. The molecule has 0 aromatic carbocycles. The van der Waals surface area contributed by atoms with E-state index in [4.69, 9.17) is 4.74 Å². The highest BCUT2D eigenvalue weighted by Gasteiger charge is 2.44. The number of aromatic nitrogens is 1. The van der Waals surface area contributed by atoms with Crippen LogP contribution in [0, 0.1) is 23.7 Å². The SMILES string of the molecule is C/C(=C\c1csc(C)n1)[C@H]1C/C=C\CCCC(C)(C)[C@H](O)[C@H](C)C(=O)C(C)(C)[C@@H](O)CC(=O)O1. The number of cyclic esters (lactones) is 1. The molecule has 0 amide bonds. The average molecular weight is 492 g/mol. The van der Waals surface area contributed by atoms with Crippen LogP contribution in [-0.4, -0.2) is 45.3 Å². The number of carbonyl (C=O) groups is 2. The zero-order valence-electron chi connectivity index (χ0n) is 21.6. The van der Waals surface area contributed by atoms with Crippen molar-refractivity contribution in [2.45, 2.75) is 98.9 Å². The number of ketones is 1. The summed E-state index contributed by atoms with van der Waals surface area (Å²) in [5.74, 6) is -1.49. The molecule has 1 aliphatic rings. The van der Waals surface area contributed by atoms with Crippen molar-refractivity contribution in [2.24, 2.45) is 16.7 Å². The minimum absolute atomic E-state index is 0.258. The topological polar surface area (TPSA) is 96.7 Å². The third-order valence-corrected chi connectivity index (χ3v) is 7.81. The van der Waals surface area contributed by atoms with E-state index in [2.05, 4.69) is 11.1 Å². The van der Waals surface area contributed by atoms with Crippen molar-refractivity contribution in [2.75, 3.05) is 0 Å². The summed E-state index contributed by atoms with van der Waals surface area (Å²) in [6.45, 7) is 12.8. The summed E-state index contributed by atoms with van der Waals surface area (Å²) in [6.07, 6.45) is 6.13. The number of allylic oxidation sites excluding steroid dienone is 1. The van der Waals surface area contributed by atoms with Gasteiger partial charge in [0.05, 0.1) is 34.7 Å². The molecular weight excluding hydrogens is 450 g/mol. The van der Waals surface area contributed by atoms with E-state index in [0.29, 0.717) is 6.42 Å². The Kier molecular flexibility index (Phi) is 9.80. The Hall–Kier alpha value is -1.83. The van der Waals surface area contributed by atoms with Gasteiger partial charge in [-0.3, -0.25) is 9.59 Å². The van der Waals surface area contributed by atoms with Crippen LogP contribution in [0.3, 0.4) is 0 Å². The van der Waals surface area contributed by atoms with Crippen LogP contribution in [-0.2, 0) is 14.3 Å². The van der Waals surface area contributed by atoms with Crippen molar-refractivity contribution in [1.29, 1.82) is 0 Å². The predicted octanol–water partition coefficient (Wildman–Crippen LogP) is 5.27. The Bertz CT molecular complexity index is 914. The van der Waals surface area contributed by atoms with Gasteiger partial charge in [0.1, 0.15) is 11.9 Å². The number of hydrogen-bond donors (Lipinski definition) is 2. The molecule has 1 aliphatic heterocycles. The fourth-order valence-electron chi connectivity index (χ4n) is 4.45. The van der Waals surface area contributed by atoms with Crippen LogP contribution in [0.1, 0.15) is 84.3 Å². The number of aliphatic hydroxyl groups is 2. The fraction of sp³-hybridized carbons (Fsp3) is 0.667. The van der Waals surface area contributed by atoms with Gasteiger partial charge in [-0.05, 0) is 50.2 Å². The van der Waals surface area contributed by atoms with E-state index >= 15 is 0 Å². The summed E-state index contributed by atoms with van der Waals surface area (Å²) >= 11 is 1.56. The van der Waals surface area contributed by atoms with Crippen LogP contribution in [0.25, 0.3) is 6.08 Å². The van der Waals surface area contributed by atoms with Crippen molar-refractivity contribution in [3.8, 4) is 0 Å². The van der Waals surface area contributed by atoms with E-state index in [9.17, 15) is 19.8 Å². The molecule has 1 aromatic rings. The molecule has 0 spiro atoms. The van der Waals surface area contributed by atoms with Gasteiger partial charge in [-0.15, -0.1) is 11.3 Å². The number of Topliss-reactive ketones (excluding diaryl/α,β-unsaturated/α-hetero) is 1. The normalized spacial score (nSPS) is 30.6. The zero-order valence-corrected chi connectivity index (χ0v) is 22.4. The maximum Gasteiger partial charge on any atom is 0.309 e. The number of thiazole rings is 1. The van der Waals surface area contributed by atoms with Crippen LogP contribution in [0.2, 0.25) is 0 Å². The molecule has 6 nitrogen and oxygen atoms in total. The van der Waals surface area contributed by atoms with E-state index in [0.717, 1.165) is 35.5 Å². The molecule has 0 fully saturated rings. The molecule has 190 valence electrons. The van der Waals surface area contributed by atoms with Gasteiger partial charge in [0.15, 0.2) is 0 Å². The van der Waals surface area contributed by atoms with E-state index < -0.39 is 41.0 Å². The maximum atomic E-state index is 13.3. The first-order valence-corrected chi connectivity index (χ1v) is 13.0. The third kappa shape index (κ3) is 7.33. The summed E-state index contributed by atoms with van der Waals surface area (Å²) in [7, 11) is 0. The minimum Gasteiger partial charge on any atom is -0.457 e. The molecule has 4 atom stereocenters. The van der Waals surface area contributed by atoms with Crippen molar-refractivity contribution < 1.29 is 24.5 Å². The van der Waals surface area contributed by atoms with Gasteiger partial charge in [0, 0.05) is 17.7 Å². The van der Waals surface area contributed by atoms with E-state index in [1.165, 1.54) is 0 Å². The van der Waals surface area contributed by atoms with Crippen molar-refractivity contribution in [1.82, 2.24) is 4.98 Å². The number of aryl methyl sites for hydroxylation is 1. The largest absolute Gasteiger partial charge is 0.457 e. The second-order valence-electron chi connectivity index (χ2n) is 10.8. The van der Waals surface area contributed by atoms with Gasteiger partial charge in [-0.2, -0.15) is 0 Å². The lowest BCUT2D eigenvalue weighted by Gasteiger charge is -2.38. The number of esters is 1. The Balaban J connectivity index is 2.31. The molecule has 0 saturated heterocycles. The Morgan fingerprint density at radius 2 is 1.88 bits per heavy atom. The van der Waals surface area contributed by atoms with Gasteiger partial charge in [-0.25, -0.2) is 4.98 Å². The van der Waals surface area contributed by atoms with Gasteiger partial charge in [0.2, 0.25) is 0 Å². The van der Waals surface area contributed by atoms with Crippen LogP contribution in [0.15, 0.2) is 23.1 Å². The first-order chi connectivity index (χ1) is 15.8. The third-order valence-electron chi connectivity index (χ3n) is 7.02. The van der Waals surface area contributed by atoms with Crippen LogP contribution in [0.5, 0.6) is 0 Å². The number of ether oxygens (including phenoxy) is 1. The fourth-order valence-corrected chi connectivity index (χ4v) is 5.02. The molecule has 0 saturated carbocycles. The summed E-state index contributed by atoms with van der Waals surface area (Å²) < 4.78 is 5.77. The van der Waals surface area contributed by atoms with Crippen molar-refractivity contribution >= 4 is 29.2 Å². The Morgan fingerprint density at radius 1 is 1.21 bits per heavy atom. The number of rotatable bonds is 2. The van der Waals surface area contributed by atoms with Crippen LogP contribution < -0.4 is 0 Å². The highest BCUT2D eigenvalue weighted by molar-refractivity contribution is 7.09. The van der Waals surface area contributed by atoms with Gasteiger partial charge < -0.3 is 14.9 Å². The molecule has 2 N–H and O–H groups in total. The second kappa shape index (κ2) is 11.7. The summed E-state index contributed by atoms with van der Waals surface area (Å²) in [5, 5.41) is 24.7. The lowest BCUT2D eigenvalue weighted by atomic mass is 9.69. The molecule has 34 heavy (non-hydrogen) atoms. The molecular formula is C27H41NO5S. The molecule has 1 aromatic heterocycles. The predicted molar refractivity (Wildman–Crippen MR) is 136 cm³/mol. The lowest BCUT2D eigenvalue weighted by molar-refractivity contribution is -0.154. The molecule has 0 aliphatic carbocycles. The van der Waals surface area contributed by atoms with Gasteiger partial charge >= 0.3 is 5.97 Å². The second-order valence-corrected chi connectivity index (χ2v) is 11.8. The van der Waals surface area contributed by atoms with Crippen molar-refractivity contribution in [3.05, 3.63) is 33.8 Å². The lowest BCUT2D eigenvalue weighted by Crippen LogP contribution is -2.47. The molecule has 0 unspecified atom stereocenters. The standard InChI is InChI=1S/C27H41NO5S/c1-17(14-20-16-34-19(3)28-20)21-12-10-8-9-11-13-26(4,5)24(31)18(2)25(32)27(6,7)22(29)15-23(30)33-21/h8,10,14,16,18,21-22,24,29,31H,9,11-13,15H2,1-7H3/b10-8-,17-14+/t18-,21+,22-,24+/m0/s1. The van der Waals surface area contributed by atoms with Crippen molar-refractivity contribution in [3.63, 3.8) is 0 Å². The van der Waals surface area contributed by atoms with Crippen LogP contribution in [0.4, 0.5) is 0 Å². The number of nitrogens with zero attached hydrogens (tertiary/aromatic N) is 1. The molecule has 2 heterocycles. The average Bonchev–Trinajstić information content (AvgIpc) is 3.17. The first kappa shape index (κ1) is 28.4. The van der Waals surface area contributed by atoms with E-state index in [1.54, 1.807) is 32.1 Å². The Labute approximate surface area is 208 Å². The summed E-state index contributed by atoms with van der Waals surface area (Å²) in [5.41, 5.74) is 0.0409. The number of hydrogen-bond acceptors (Lipinski definition) is 7. The number of carbonyl (C=O) groups excluding carboxylic acids is 2. The van der Waals surface area contributed by atoms with Gasteiger partial charge in [0.25, 0.3) is 0 Å². The number of aliphatic hydroxyl groups excluding tert-OH is 2. The Morgan fingerprint density at radius 3 is 2.50 bits per heavy atom. The molecule has 0 bridgehead atoms. The highest BCUT2D eigenvalue weighted by atomic mass is 32.1. The van der Waals surface area contributed by atoms with E-state index in [1.807, 2.05) is 45.2 Å². The first-order valence-electron chi connectivity index (χ1n) is 12.1. The van der Waals surface area contributed by atoms with Gasteiger partial charge in [-0.1, -0.05) is 46.8 Å². The minimum atomic E-state index is -1.22. The smallest absolute Gasteiger partial charge is 0.309 e. The molecule has 7 heteroatoms. The monoisotopic (exact) mass is 491 g/mol. The molecule has 0 radical (unpaired) electrons. The summed E-state index contributed by atoms with van der Waals surface area (Å²) in [4.78, 5) is 30.5. The quantitative estimate of drug-likeness (QED) is 0.432.